The molecule has 0 aliphatic carbocycles. The van der Waals surface area contributed by atoms with E-state index in [1.807, 2.05) is 6.92 Å². The van der Waals surface area contributed by atoms with Gasteiger partial charge in [-0.2, -0.15) is 5.26 Å². The molecule has 98 valence electrons. The average Bonchev–Trinajstić information content (AvgIpc) is 2.26. The van der Waals surface area contributed by atoms with Gasteiger partial charge in [0.2, 0.25) is 5.91 Å². The Balaban J connectivity index is 4.26. The van der Waals surface area contributed by atoms with Crippen LogP contribution in [0.1, 0.15) is 40.0 Å². The Hall–Kier alpha value is -1.08. The monoisotopic (exact) mass is 239 g/mol. The van der Waals surface area contributed by atoms with Gasteiger partial charge < -0.3 is 10.6 Å². The van der Waals surface area contributed by atoms with Gasteiger partial charge in [-0.25, -0.2) is 0 Å². The summed E-state index contributed by atoms with van der Waals surface area (Å²) in [5.74, 6) is 0.890. The third-order valence-corrected chi connectivity index (χ3v) is 3.04. The number of hydrogen-bond donors (Lipinski definition) is 1. The van der Waals surface area contributed by atoms with E-state index in [-0.39, 0.29) is 17.9 Å². The smallest absolute Gasteiger partial charge is 0.222 e. The van der Waals surface area contributed by atoms with Gasteiger partial charge in [0.1, 0.15) is 0 Å². The molecule has 4 heteroatoms. The first-order chi connectivity index (χ1) is 7.92. The Kier molecular flexibility index (Phi) is 7.56. The molecule has 0 fully saturated rings. The number of nitrogens with zero attached hydrogens (tertiary/aromatic N) is 2. The van der Waals surface area contributed by atoms with Gasteiger partial charge in [-0.05, 0) is 31.7 Å². The fraction of sp³-hybridized carbons (Fsp3) is 0.846. The summed E-state index contributed by atoms with van der Waals surface area (Å²) in [5.41, 5.74) is 5.68. The molecule has 0 radical (unpaired) electrons. The number of nitriles is 1. The molecule has 1 amide bonds. The van der Waals surface area contributed by atoms with Crippen LogP contribution in [0.2, 0.25) is 0 Å². The van der Waals surface area contributed by atoms with Crippen molar-refractivity contribution in [1.82, 2.24) is 4.90 Å². The normalized spacial score (nSPS) is 14.2. The maximum absolute atomic E-state index is 12.0. The third kappa shape index (κ3) is 6.28. The number of amides is 1. The lowest BCUT2D eigenvalue weighted by molar-refractivity contribution is -0.132. The van der Waals surface area contributed by atoms with Crippen LogP contribution >= 0.6 is 0 Å². The Morgan fingerprint density at radius 3 is 2.41 bits per heavy atom. The third-order valence-electron chi connectivity index (χ3n) is 3.04. The predicted molar refractivity (Wildman–Crippen MR) is 69.1 cm³/mol. The van der Waals surface area contributed by atoms with Crippen LogP contribution in [0.4, 0.5) is 0 Å². The zero-order valence-corrected chi connectivity index (χ0v) is 11.4. The van der Waals surface area contributed by atoms with Gasteiger partial charge >= 0.3 is 0 Å². The summed E-state index contributed by atoms with van der Waals surface area (Å²) in [6.07, 6.45) is 1.84. The highest BCUT2D eigenvalue weighted by atomic mass is 16.2. The SMILES string of the molecule is CC(C)CC(CN)CC(=O)N(C)C(C)CC#N. The maximum atomic E-state index is 12.0. The molecule has 17 heavy (non-hydrogen) atoms. The maximum Gasteiger partial charge on any atom is 0.222 e. The highest BCUT2D eigenvalue weighted by molar-refractivity contribution is 5.76. The first-order valence-corrected chi connectivity index (χ1v) is 6.25. The second-order valence-electron chi connectivity index (χ2n) is 5.15. The quantitative estimate of drug-likeness (QED) is 0.736. The van der Waals surface area contributed by atoms with Crippen molar-refractivity contribution in [2.24, 2.45) is 17.6 Å². The van der Waals surface area contributed by atoms with E-state index in [0.29, 0.717) is 25.3 Å². The van der Waals surface area contributed by atoms with Gasteiger partial charge in [-0.15, -0.1) is 0 Å². The lowest BCUT2D eigenvalue weighted by Gasteiger charge is -2.25. The highest BCUT2D eigenvalue weighted by Crippen LogP contribution is 2.16. The second-order valence-corrected chi connectivity index (χ2v) is 5.15. The van der Waals surface area contributed by atoms with E-state index in [9.17, 15) is 4.79 Å². The molecule has 0 heterocycles. The van der Waals surface area contributed by atoms with Gasteiger partial charge in [-0.3, -0.25) is 4.79 Å². The van der Waals surface area contributed by atoms with Gasteiger partial charge in [0.15, 0.2) is 0 Å². The molecule has 2 atom stereocenters. The second kappa shape index (κ2) is 8.08. The Morgan fingerprint density at radius 2 is 2.00 bits per heavy atom. The number of carbonyl (C=O) groups is 1. The molecule has 0 bridgehead atoms. The van der Waals surface area contributed by atoms with Crippen molar-refractivity contribution in [2.75, 3.05) is 13.6 Å². The molecular formula is C13H25N3O. The molecule has 0 aromatic rings. The number of hydrogen-bond acceptors (Lipinski definition) is 3. The van der Waals surface area contributed by atoms with Gasteiger partial charge in [0.25, 0.3) is 0 Å². The molecule has 0 spiro atoms. The van der Waals surface area contributed by atoms with Gasteiger partial charge in [0.05, 0.1) is 12.5 Å². The Bertz CT molecular complexity index is 270. The van der Waals surface area contributed by atoms with Crippen molar-refractivity contribution >= 4 is 5.91 Å². The van der Waals surface area contributed by atoms with Crippen LogP contribution in [0.5, 0.6) is 0 Å². The zero-order valence-electron chi connectivity index (χ0n) is 11.4. The van der Waals surface area contributed by atoms with Crippen molar-refractivity contribution in [1.29, 1.82) is 5.26 Å². The minimum absolute atomic E-state index is 0.0232. The van der Waals surface area contributed by atoms with Crippen LogP contribution < -0.4 is 5.73 Å². The van der Waals surface area contributed by atoms with Crippen molar-refractivity contribution < 1.29 is 4.79 Å². The molecule has 4 nitrogen and oxygen atoms in total. The Morgan fingerprint density at radius 1 is 1.41 bits per heavy atom. The first kappa shape index (κ1) is 15.9. The lowest BCUT2D eigenvalue weighted by atomic mass is 9.93. The summed E-state index contributed by atoms with van der Waals surface area (Å²) >= 11 is 0. The van der Waals surface area contributed by atoms with Crippen molar-refractivity contribution in [3.8, 4) is 6.07 Å². The van der Waals surface area contributed by atoms with E-state index < -0.39 is 0 Å². The molecule has 0 aliphatic heterocycles. The van der Waals surface area contributed by atoms with Crippen molar-refractivity contribution in [3.05, 3.63) is 0 Å². The topological polar surface area (TPSA) is 70.1 Å². The molecule has 2 unspecified atom stereocenters. The van der Waals surface area contributed by atoms with E-state index >= 15 is 0 Å². The minimum atomic E-state index is -0.0232. The van der Waals surface area contributed by atoms with E-state index in [1.54, 1.807) is 11.9 Å². The summed E-state index contributed by atoms with van der Waals surface area (Å²) in [6.45, 7) is 6.70. The molecule has 0 aromatic heterocycles. The van der Waals surface area contributed by atoms with Crippen LogP contribution in [0, 0.1) is 23.2 Å². The lowest BCUT2D eigenvalue weighted by Crippen LogP contribution is -2.36. The summed E-state index contributed by atoms with van der Waals surface area (Å²) in [4.78, 5) is 13.6. The van der Waals surface area contributed by atoms with E-state index in [4.69, 9.17) is 11.0 Å². The fourth-order valence-corrected chi connectivity index (χ4v) is 1.84. The van der Waals surface area contributed by atoms with E-state index in [0.717, 1.165) is 6.42 Å². The zero-order chi connectivity index (χ0) is 13.4. The Labute approximate surface area is 105 Å². The van der Waals surface area contributed by atoms with Crippen LogP contribution in [-0.4, -0.2) is 30.4 Å². The molecule has 0 aliphatic rings. The molecular weight excluding hydrogens is 214 g/mol. The largest absolute Gasteiger partial charge is 0.342 e. The molecule has 0 rings (SSSR count). The summed E-state index contributed by atoms with van der Waals surface area (Å²) < 4.78 is 0. The van der Waals surface area contributed by atoms with Crippen molar-refractivity contribution in [3.63, 3.8) is 0 Å². The van der Waals surface area contributed by atoms with Crippen LogP contribution in [-0.2, 0) is 4.79 Å². The van der Waals surface area contributed by atoms with Gasteiger partial charge in [0, 0.05) is 19.5 Å². The molecule has 2 N–H and O–H groups in total. The fourth-order valence-electron chi connectivity index (χ4n) is 1.84. The molecule has 0 saturated heterocycles. The van der Waals surface area contributed by atoms with E-state index in [2.05, 4.69) is 19.9 Å². The van der Waals surface area contributed by atoms with Gasteiger partial charge in [-0.1, -0.05) is 13.8 Å². The standard InChI is InChI=1S/C13H25N3O/c1-10(2)7-12(9-15)8-13(17)16(4)11(3)5-6-14/h10-12H,5,7-9,15H2,1-4H3. The number of rotatable bonds is 7. The van der Waals surface area contributed by atoms with E-state index in [1.165, 1.54) is 0 Å². The molecule has 0 saturated carbocycles. The average molecular weight is 239 g/mol. The summed E-state index contributed by atoms with van der Waals surface area (Å²) in [7, 11) is 1.76. The highest BCUT2D eigenvalue weighted by Gasteiger charge is 2.20. The van der Waals surface area contributed by atoms with Crippen LogP contribution in [0.3, 0.4) is 0 Å². The summed E-state index contributed by atoms with van der Waals surface area (Å²) in [6, 6.07) is 2.06. The first-order valence-electron chi connectivity index (χ1n) is 6.25. The summed E-state index contributed by atoms with van der Waals surface area (Å²) in [5, 5.41) is 8.61. The minimum Gasteiger partial charge on any atom is -0.342 e. The predicted octanol–water partition coefficient (Wildman–Crippen LogP) is 1.76. The number of nitrogens with two attached hydrogens (primary N) is 1. The number of carbonyl (C=O) groups excluding carboxylic acids is 1. The van der Waals surface area contributed by atoms with Crippen LogP contribution in [0.15, 0.2) is 0 Å². The molecule has 0 aromatic carbocycles. The van der Waals surface area contributed by atoms with Crippen LogP contribution in [0.25, 0.3) is 0 Å². The van der Waals surface area contributed by atoms with Crippen molar-refractivity contribution in [2.45, 2.75) is 46.1 Å².